The number of aromatic nitrogens is 1. The quantitative estimate of drug-likeness (QED) is 0.673. The van der Waals surface area contributed by atoms with E-state index >= 15 is 0 Å². The van der Waals surface area contributed by atoms with Crippen LogP contribution in [0, 0.1) is 10.1 Å². The highest BCUT2D eigenvalue weighted by Gasteiger charge is 2.14. The van der Waals surface area contributed by atoms with Crippen molar-refractivity contribution >= 4 is 17.3 Å². The first-order valence-corrected chi connectivity index (χ1v) is 6.25. The lowest BCUT2D eigenvalue weighted by Gasteiger charge is -2.09. The fourth-order valence-corrected chi connectivity index (χ4v) is 1.68. The minimum Gasteiger partial charge on any atom is -0.477 e. The molecule has 0 fully saturated rings. The van der Waals surface area contributed by atoms with Crippen LogP contribution in [0.2, 0.25) is 0 Å². The van der Waals surface area contributed by atoms with Crippen LogP contribution in [0.15, 0.2) is 42.6 Å². The molecule has 0 aliphatic rings. The summed E-state index contributed by atoms with van der Waals surface area (Å²) in [5.74, 6) is -0.139. The summed E-state index contributed by atoms with van der Waals surface area (Å²) in [6, 6.07) is 8.80. The SMILES string of the molecule is CCOc1ncccc1C(=O)Nc1ccc([N+](=O)[O-])cc1. The van der Waals surface area contributed by atoms with Gasteiger partial charge in [-0.15, -0.1) is 0 Å². The molecule has 0 radical (unpaired) electrons. The number of nitrogens with one attached hydrogen (secondary N) is 1. The standard InChI is InChI=1S/C14H13N3O4/c1-2-21-14-12(4-3-9-15-14)13(18)16-10-5-7-11(8-6-10)17(19)20/h3-9H,2H2,1H3,(H,16,18). The van der Waals surface area contributed by atoms with E-state index in [0.717, 1.165) is 0 Å². The molecule has 1 aromatic carbocycles. The molecule has 0 spiro atoms. The van der Waals surface area contributed by atoms with Gasteiger partial charge in [-0.2, -0.15) is 0 Å². The lowest BCUT2D eigenvalue weighted by molar-refractivity contribution is -0.384. The number of hydrogen-bond acceptors (Lipinski definition) is 5. The fourth-order valence-electron chi connectivity index (χ4n) is 1.68. The van der Waals surface area contributed by atoms with Gasteiger partial charge in [-0.25, -0.2) is 4.98 Å². The van der Waals surface area contributed by atoms with Crippen molar-refractivity contribution in [2.24, 2.45) is 0 Å². The van der Waals surface area contributed by atoms with Crippen LogP contribution in [-0.2, 0) is 0 Å². The molecule has 0 aliphatic heterocycles. The zero-order chi connectivity index (χ0) is 15.2. The van der Waals surface area contributed by atoms with Crippen LogP contribution in [0.1, 0.15) is 17.3 Å². The predicted molar refractivity (Wildman–Crippen MR) is 76.5 cm³/mol. The molecular weight excluding hydrogens is 274 g/mol. The Morgan fingerprint density at radius 2 is 2.05 bits per heavy atom. The number of non-ortho nitro benzene ring substituents is 1. The number of nitro groups is 1. The number of carbonyl (C=O) groups excluding carboxylic acids is 1. The van der Waals surface area contributed by atoms with Crippen molar-refractivity contribution < 1.29 is 14.5 Å². The summed E-state index contributed by atoms with van der Waals surface area (Å²) in [7, 11) is 0. The molecular formula is C14H13N3O4. The maximum Gasteiger partial charge on any atom is 0.269 e. The Morgan fingerprint density at radius 3 is 2.67 bits per heavy atom. The van der Waals surface area contributed by atoms with Crippen molar-refractivity contribution in [2.45, 2.75) is 6.92 Å². The third kappa shape index (κ3) is 3.53. The minimum atomic E-state index is -0.500. The number of carbonyl (C=O) groups is 1. The number of ether oxygens (including phenoxy) is 1. The molecule has 2 rings (SSSR count). The van der Waals surface area contributed by atoms with E-state index in [0.29, 0.717) is 17.9 Å². The zero-order valence-corrected chi connectivity index (χ0v) is 11.3. The highest BCUT2D eigenvalue weighted by Crippen LogP contribution is 2.19. The molecule has 0 aliphatic carbocycles. The summed E-state index contributed by atoms with van der Waals surface area (Å²) in [6.45, 7) is 2.20. The van der Waals surface area contributed by atoms with E-state index in [4.69, 9.17) is 4.74 Å². The maximum atomic E-state index is 12.2. The van der Waals surface area contributed by atoms with Gasteiger partial charge in [-0.05, 0) is 31.2 Å². The molecule has 1 heterocycles. The first-order valence-electron chi connectivity index (χ1n) is 6.25. The number of rotatable bonds is 5. The Balaban J connectivity index is 2.16. The first-order chi connectivity index (χ1) is 10.1. The molecule has 21 heavy (non-hydrogen) atoms. The van der Waals surface area contributed by atoms with Gasteiger partial charge in [0.05, 0.1) is 11.5 Å². The molecule has 108 valence electrons. The zero-order valence-electron chi connectivity index (χ0n) is 11.3. The number of benzene rings is 1. The van der Waals surface area contributed by atoms with E-state index in [1.807, 2.05) is 0 Å². The van der Waals surface area contributed by atoms with E-state index in [1.54, 1.807) is 19.1 Å². The van der Waals surface area contributed by atoms with Gasteiger partial charge in [0.15, 0.2) is 0 Å². The Hall–Kier alpha value is -2.96. The monoisotopic (exact) mass is 287 g/mol. The van der Waals surface area contributed by atoms with Crippen LogP contribution in [0.5, 0.6) is 5.88 Å². The van der Waals surface area contributed by atoms with Crippen molar-refractivity contribution in [3.63, 3.8) is 0 Å². The van der Waals surface area contributed by atoms with E-state index in [-0.39, 0.29) is 17.5 Å². The Labute approximate surface area is 120 Å². The van der Waals surface area contributed by atoms with Crippen LogP contribution in [0.4, 0.5) is 11.4 Å². The number of anilines is 1. The lowest BCUT2D eigenvalue weighted by Crippen LogP contribution is -2.14. The number of nitrogens with zero attached hydrogens (tertiary/aromatic N) is 2. The molecule has 0 saturated heterocycles. The largest absolute Gasteiger partial charge is 0.477 e. The summed E-state index contributed by atoms with van der Waals surface area (Å²) in [6.07, 6.45) is 1.54. The average molecular weight is 287 g/mol. The third-order valence-electron chi connectivity index (χ3n) is 2.63. The van der Waals surface area contributed by atoms with Crippen molar-refractivity contribution in [2.75, 3.05) is 11.9 Å². The Morgan fingerprint density at radius 1 is 1.33 bits per heavy atom. The minimum absolute atomic E-state index is 0.0376. The second-order valence-corrected chi connectivity index (χ2v) is 4.05. The lowest BCUT2D eigenvalue weighted by atomic mass is 10.2. The highest BCUT2D eigenvalue weighted by atomic mass is 16.6. The molecule has 7 nitrogen and oxygen atoms in total. The van der Waals surface area contributed by atoms with Gasteiger partial charge in [-0.1, -0.05) is 0 Å². The summed E-state index contributed by atoms with van der Waals surface area (Å²) >= 11 is 0. The summed E-state index contributed by atoms with van der Waals surface area (Å²) in [5, 5.41) is 13.2. The highest BCUT2D eigenvalue weighted by molar-refractivity contribution is 6.05. The Bertz CT molecular complexity index is 656. The molecule has 7 heteroatoms. The average Bonchev–Trinajstić information content (AvgIpc) is 2.48. The molecule has 0 saturated carbocycles. The van der Waals surface area contributed by atoms with Gasteiger partial charge in [0.25, 0.3) is 11.6 Å². The summed E-state index contributed by atoms with van der Waals surface area (Å²) in [5.41, 5.74) is 0.721. The fraction of sp³-hybridized carbons (Fsp3) is 0.143. The number of nitro benzene ring substituents is 1. The number of hydrogen-bond donors (Lipinski definition) is 1. The van der Waals surface area contributed by atoms with E-state index in [1.165, 1.54) is 30.5 Å². The number of amides is 1. The molecule has 1 aromatic heterocycles. The van der Waals surface area contributed by atoms with Crippen molar-refractivity contribution in [3.05, 3.63) is 58.3 Å². The molecule has 0 atom stereocenters. The van der Waals surface area contributed by atoms with Crippen LogP contribution in [0.25, 0.3) is 0 Å². The maximum absolute atomic E-state index is 12.2. The van der Waals surface area contributed by atoms with Crippen molar-refractivity contribution in [1.82, 2.24) is 4.98 Å². The van der Waals surface area contributed by atoms with E-state index < -0.39 is 4.92 Å². The first kappa shape index (κ1) is 14.4. The smallest absolute Gasteiger partial charge is 0.269 e. The molecule has 1 N–H and O–H groups in total. The van der Waals surface area contributed by atoms with Crippen LogP contribution >= 0.6 is 0 Å². The summed E-state index contributed by atoms with van der Waals surface area (Å²) in [4.78, 5) is 26.2. The van der Waals surface area contributed by atoms with E-state index in [9.17, 15) is 14.9 Å². The van der Waals surface area contributed by atoms with Gasteiger partial charge in [0.1, 0.15) is 5.56 Å². The van der Waals surface area contributed by atoms with Crippen LogP contribution in [-0.4, -0.2) is 22.4 Å². The third-order valence-corrected chi connectivity index (χ3v) is 2.63. The van der Waals surface area contributed by atoms with Gasteiger partial charge in [-0.3, -0.25) is 14.9 Å². The van der Waals surface area contributed by atoms with Crippen molar-refractivity contribution in [3.8, 4) is 5.88 Å². The second-order valence-electron chi connectivity index (χ2n) is 4.05. The molecule has 2 aromatic rings. The number of pyridine rings is 1. The topological polar surface area (TPSA) is 94.4 Å². The van der Waals surface area contributed by atoms with Gasteiger partial charge < -0.3 is 10.1 Å². The normalized spacial score (nSPS) is 9.95. The Kier molecular flexibility index (Phi) is 4.45. The summed E-state index contributed by atoms with van der Waals surface area (Å²) < 4.78 is 5.29. The van der Waals surface area contributed by atoms with Gasteiger partial charge >= 0.3 is 0 Å². The van der Waals surface area contributed by atoms with Crippen LogP contribution in [0.3, 0.4) is 0 Å². The second kappa shape index (κ2) is 6.47. The van der Waals surface area contributed by atoms with Gasteiger partial charge in [0.2, 0.25) is 5.88 Å². The molecule has 1 amide bonds. The van der Waals surface area contributed by atoms with Crippen LogP contribution < -0.4 is 10.1 Å². The molecule has 0 unspecified atom stereocenters. The molecule has 0 bridgehead atoms. The van der Waals surface area contributed by atoms with Gasteiger partial charge in [0, 0.05) is 24.0 Å². The predicted octanol–water partition coefficient (Wildman–Crippen LogP) is 2.64. The van der Waals surface area contributed by atoms with Crippen molar-refractivity contribution in [1.29, 1.82) is 0 Å². The van der Waals surface area contributed by atoms with E-state index in [2.05, 4.69) is 10.3 Å².